The molecule has 5 heteroatoms. The fourth-order valence-corrected chi connectivity index (χ4v) is 3.13. The van der Waals surface area contributed by atoms with Gasteiger partial charge in [-0.1, -0.05) is 11.3 Å². The van der Waals surface area contributed by atoms with Crippen LogP contribution in [-0.4, -0.2) is 50.2 Å². The molecule has 0 unspecified atom stereocenters. The van der Waals surface area contributed by atoms with E-state index in [1.165, 1.54) is 10.4 Å². The maximum atomic E-state index is 4.51. The molecule has 2 aromatic rings. The lowest BCUT2D eigenvalue weighted by molar-refractivity contribution is 0.313. The van der Waals surface area contributed by atoms with Gasteiger partial charge in [0.15, 0.2) is 5.13 Å². The summed E-state index contributed by atoms with van der Waals surface area (Å²) in [6, 6.07) is 6.58. The lowest BCUT2D eigenvalue weighted by Crippen LogP contribution is -2.44. The molecule has 0 radical (unpaired) electrons. The van der Waals surface area contributed by atoms with Crippen molar-refractivity contribution >= 4 is 32.4 Å². The van der Waals surface area contributed by atoms with Crippen LogP contribution in [-0.2, 0) is 0 Å². The van der Waals surface area contributed by atoms with Gasteiger partial charge in [-0.3, -0.25) is 0 Å². The van der Waals surface area contributed by atoms with Crippen molar-refractivity contribution in [3.05, 3.63) is 18.2 Å². The van der Waals surface area contributed by atoms with Crippen LogP contribution in [0.4, 0.5) is 10.8 Å². The fourth-order valence-electron chi connectivity index (χ4n) is 2.28. The van der Waals surface area contributed by atoms with Gasteiger partial charge in [0.1, 0.15) is 0 Å². The molecule has 96 valence electrons. The van der Waals surface area contributed by atoms with Gasteiger partial charge < -0.3 is 15.1 Å². The first kappa shape index (κ1) is 11.7. The monoisotopic (exact) mass is 262 g/mol. The number of rotatable bonds is 2. The van der Waals surface area contributed by atoms with Crippen LogP contribution in [0, 0.1) is 0 Å². The topological polar surface area (TPSA) is 31.4 Å². The minimum atomic E-state index is 0.987. The van der Waals surface area contributed by atoms with Crippen molar-refractivity contribution in [1.82, 2.24) is 9.88 Å². The number of hydrogen-bond acceptors (Lipinski definition) is 5. The molecule has 0 bridgehead atoms. The molecule has 1 aromatic carbocycles. The van der Waals surface area contributed by atoms with E-state index < -0.39 is 0 Å². The van der Waals surface area contributed by atoms with Crippen LogP contribution in [0.2, 0.25) is 0 Å². The van der Waals surface area contributed by atoms with E-state index in [-0.39, 0.29) is 0 Å². The minimum Gasteiger partial charge on any atom is -0.369 e. The molecule has 2 heterocycles. The summed E-state index contributed by atoms with van der Waals surface area (Å²) in [6.45, 7) is 4.50. The lowest BCUT2D eigenvalue weighted by Gasteiger charge is -2.34. The Labute approximate surface area is 111 Å². The number of nitrogens with zero attached hydrogens (tertiary/aromatic N) is 3. The summed E-state index contributed by atoms with van der Waals surface area (Å²) in [7, 11) is 4.10. The number of aromatic nitrogens is 1. The Morgan fingerprint density at radius 3 is 2.72 bits per heavy atom. The molecule has 0 saturated carbocycles. The smallest absolute Gasteiger partial charge is 0.183 e. The van der Waals surface area contributed by atoms with Gasteiger partial charge in [-0.05, 0) is 25.2 Å². The van der Waals surface area contributed by atoms with Crippen molar-refractivity contribution in [2.45, 2.75) is 0 Å². The number of hydrogen-bond donors (Lipinski definition) is 1. The highest BCUT2D eigenvalue weighted by Gasteiger charge is 2.15. The number of thiazole rings is 1. The molecule has 0 atom stereocenters. The molecule has 1 fully saturated rings. The third kappa shape index (κ3) is 2.15. The van der Waals surface area contributed by atoms with E-state index in [4.69, 9.17) is 0 Å². The van der Waals surface area contributed by atoms with Crippen LogP contribution in [0.3, 0.4) is 0 Å². The van der Waals surface area contributed by atoms with Crippen LogP contribution in [0.25, 0.3) is 10.2 Å². The summed E-state index contributed by atoms with van der Waals surface area (Å²) in [5.41, 5.74) is 2.41. The molecular weight excluding hydrogens is 244 g/mol. The van der Waals surface area contributed by atoms with Gasteiger partial charge in [0.25, 0.3) is 0 Å². The SMILES string of the molecule is CNc1nc2ccc(N3CCN(C)CC3)cc2s1. The Kier molecular flexibility index (Phi) is 3.09. The second-order valence-electron chi connectivity index (χ2n) is 4.71. The van der Waals surface area contributed by atoms with E-state index in [0.717, 1.165) is 36.8 Å². The van der Waals surface area contributed by atoms with Gasteiger partial charge in [-0.25, -0.2) is 4.98 Å². The average Bonchev–Trinajstić information content (AvgIpc) is 2.81. The van der Waals surface area contributed by atoms with E-state index in [1.807, 2.05) is 7.05 Å². The van der Waals surface area contributed by atoms with Crippen LogP contribution < -0.4 is 10.2 Å². The quantitative estimate of drug-likeness (QED) is 0.898. The molecule has 3 rings (SSSR count). The second-order valence-corrected chi connectivity index (χ2v) is 5.74. The highest BCUT2D eigenvalue weighted by Crippen LogP contribution is 2.29. The van der Waals surface area contributed by atoms with E-state index in [9.17, 15) is 0 Å². The normalized spacial score (nSPS) is 17.3. The van der Waals surface area contributed by atoms with E-state index in [1.54, 1.807) is 11.3 Å². The Morgan fingerprint density at radius 2 is 2.00 bits per heavy atom. The minimum absolute atomic E-state index is 0.987. The van der Waals surface area contributed by atoms with Crippen LogP contribution in [0.15, 0.2) is 18.2 Å². The standard InChI is InChI=1S/C13H18N4S/c1-14-13-15-11-4-3-10(9-12(11)18-13)17-7-5-16(2)6-8-17/h3-4,9H,5-8H2,1-2H3,(H,14,15). The highest BCUT2D eigenvalue weighted by molar-refractivity contribution is 7.22. The largest absolute Gasteiger partial charge is 0.369 e. The average molecular weight is 262 g/mol. The van der Waals surface area contributed by atoms with Gasteiger partial charge in [-0.15, -0.1) is 0 Å². The van der Waals surface area contributed by atoms with Gasteiger partial charge in [-0.2, -0.15) is 0 Å². The maximum Gasteiger partial charge on any atom is 0.183 e. The summed E-state index contributed by atoms with van der Waals surface area (Å²) in [5, 5.41) is 4.09. The van der Waals surface area contributed by atoms with Crippen LogP contribution >= 0.6 is 11.3 Å². The predicted molar refractivity (Wildman–Crippen MR) is 78.9 cm³/mol. The van der Waals surface area contributed by atoms with Crippen molar-refractivity contribution in [2.75, 3.05) is 50.5 Å². The van der Waals surface area contributed by atoms with Crippen molar-refractivity contribution < 1.29 is 0 Å². The Balaban J connectivity index is 1.88. The number of benzene rings is 1. The number of fused-ring (bicyclic) bond motifs is 1. The highest BCUT2D eigenvalue weighted by atomic mass is 32.1. The van der Waals surface area contributed by atoms with Gasteiger partial charge >= 0.3 is 0 Å². The van der Waals surface area contributed by atoms with Crippen LogP contribution in [0.5, 0.6) is 0 Å². The van der Waals surface area contributed by atoms with Crippen molar-refractivity contribution in [3.63, 3.8) is 0 Å². The molecule has 1 N–H and O–H groups in total. The first-order chi connectivity index (χ1) is 8.76. The van der Waals surface area contributed by atoms with Gasteiger partial charge in [0.05, 0.1) is 10.2 Å². The number of likely N-dealkylation sites (N-methyl/N-ethyl adjacent to an activating group) is 1. The molecule has 0 amide bonds. The first-order valence-corrected chi connectivity index (χ1v) is 7.10. The molecule has 18 heavy (non-hydrogen) atoms. The zero-order valence-corrected chi connectivity index (χ0v) is 11.6. The molecular formula is C13H18N4S. The maximum absolute atomic E-state index is 4.51. The molecule has 4 nitrogen and oxygen atoms in total. The Hall–Kier alpha value is -1.33. The lowest BCUT2D eigenvalue weighted by atomic mass is 10.2. The molecule has 1 saturated heterocycles. The van der Waals surface area contributed by atoms with Gasteiger partial charge in [0.2, 0.25) is 0 Å². The van der Waals surface area contributed by atoms with E-state index >= 15 is 0 Å². The summed E-state index contributed by atoms with van der Waals surface area (Å²) < 4.78 is 1.26. The fraction of sp³-hybridized carbons (Fsp3) is 0.462. The summed E-state index contributed by atoms with van der Waals surface area (Å²) >= 11 is 1.72. The Bertz CT molecular complexity index is 543. The second kappa shape index (κ2) is 4.74. The molecule has 1 aliphatic heterocycles. The summed E-state index contributed by atoms with van der Waals surface area (Å²) in [6.07, 6.45) is 0. The number of anilines is 2. The first-order valence-electron chi connectivity index (χ1n) is 6.28. The Morgan fingerprint density at radius 1 is 1.22 bits per heavy atom. The van der Waals surface area contributed by atoms with E-state index in [2.05, 4.69) is 45.3 Å². The van der Waals surface area contributed by atoms with Crippen LogP contribution in [0.1, 0.15) is 0 Å². The van der Waals surface area contributed by atoms with Crippen molar-refractivity contribution in [1.29, 1.82) is 0 Å². The van der Waals surface area contributed by atoms with Crippen molar-refractivity contribution in [3.8, 4) is 0 Å². The number of piperazine rings is 1. The zero-order valence-electron chi connectivity index (χ0n) is 10.8. The predicted octanol–water partition coefficient (Wildman–Crippen LogP) is 2.09. The molecule has 0 spiro atoms. The van der Waals surface area contributed by atoms with Gasteiger partial charge in [0, 0.05) is 38.9 Å². The summed E-state index contributed by atoms with van der Waals surface area (Å²) in [5.74, 6) is 0. The third-order valence-electron chi connectivity index (χ3n) is 3.45. The van der Waals surface area contributed by atoms with Crippen molar-refractivity contribution in [2.24, 2.45) is 0 Å². The molecule has 1 aromatic heterocycles. The molecule has 0 aliphatic carbocycles. The van der Waals surface area contributed by atoms with E-state index in [0.29, 0.717) is 0 Å². The number of nitrogens with one attached hydrogen (secondary N) is 1. The molecule has 1 aliphatic rings. The zero-order chi connectivity index (χ0) is 12.5. The summed E-state index contributed by atoms with van der Waals surface area (Å²) in [4.78, 5) is 9.34. The third-order valence-corrected chi connectivity index (χ3v) is 4.49.